The van der Waals surface area contributed by atoms with Crippen LogP contribution in [-0.4, -0.2) is 58.1 Å². The summed E-state index contributed by atoms with van der Waals surface area (Å²) >= 11 is 6.10. The highest BCUT2D eigenvalue weighted by molar-refractivity contribution is 6.33. The zero-order valence-corrected chi connectivity index (χ0v) is 23.2. The molecule has 4 N–H and O–H groups in total. The number of aliphatic carboxylic acids is 1. The van der Waals surface area contributed by atoms with E-state index in [2.05, 4.69) is 26.0 Å². The van der Waals surface area contributed by atoms with Gasteiger partial charge < -0.3 is 26.0 Å². The number of aryl methyl sites for hydroxylation is 1. The van der Waals surface area contributed by atoms with E-state index in [0.29, 0.717) is 33.3 Å². The first kappa shape index (κ1) is 31.4. The van der Waals surface area contributed by atoms with Gasteiger partial charge in [-0.3, -0.25) is 9.78 Å². The van der Waals surface area contributed by atoms with E-state index in [1.54, 1.807) is 59.7 Å². The number of amides is 3. The third-order valence-electron chi connectivity index (χ3n) is 5.28. The van der Waals surface area contributed by atoms with Crippen LogP contribution in [0.2, 0.25) is 5.02 Å². The molecule has 0 aliphatic rings. The highest BCUT2D eigenvalue weighted by atomic mass is 35.5. The molecule has 0 aliphatic heterocycles. The summed E-state index contributed by atoms with van der Waals surface area (Å²) in [6.07, 6.45) is 1.42. The normalized spacial score (nSPS) is 10.6. The molecule has 2 aromatic carbocycles. The number of hydrogen-bond donors (Lipinski definition) is 4. The molecule has 0 spiro atoms. The van der Waals surface area contributed by atoms with Crippen LogP contribution in [0.5, 0.6) is 0 Å². The number of halogens is 4. The zero-order valence-electron chi connectivity index (χ0n) is 22.4. The first-order valence-corrected chi connectivity index (χ1v) is 12.3. The van der Waals surface area contributed by atoms with Gasteiger partial charge in [0.15, 0.2) is 0 Å². The van der Waals surface area contributed by atoms with Gasteiger partial charge in [0.25, 0.3) is 5.91 Å². The lowest BCUT2D eigenvalue weighted by atomic mass is 10.1. The summed E-state index contributed by atoms with van der Waals surface area (Å²) < 4.78 is 33.3. The van der Waals surface area contributed by atoms with Crippen molar-refractivity contribution >= 4 is 52.3 Å². The molecule has 3 amide bonds. The van der Waals surface area contributed by atoms with Crippen molar-refractivity contribution in [2.75, 3.05) is 34.9 Å². The minimum Gasteiger partial charge on any atom is -0.475 e. The van der Waals surface area contributed by atoms with E-state index in [0.717, 1.165) is 11.3 Å². The van der Waals surface area contributed by atoms with Crippen LogP contribution in [0.4, 0.5) is 40.7 Å². The number of benzene rings is 2. The fourth-order valence-electron chi connectivity index (χ4n) is 3.32. The van der Waals surface area contributed by atoms with Crippen molar-refractivity contribution in [3.63, 3.8) is 0 Å². The van der Waals surface area contributed by atoms with E-state index in [1.807, 2.05) is 38.1 Å². The second kappa shape index (κ2) is 13.5. The third kappa shape index (κ3) is 8.96. The van der Waals surface area contributed by atoms with Gasteiger partial charge in [-0.05, 0) is 48.9 Å². The predicted molar refractivity (Wildman–Crippen MR) is 153 cm³/mol. The predicted octanol–water partition coefficient (Wildman–Crippen LogP) is 5.82. The summed E-state index contributed by atoms with van der Waals surface area (Å²) in [5, 5.41) is 20.2. The van der Waals surface area contributed by atoms with Gasteiger partial charge in [0.1, 0.15) is 0 Å². The molecular formula is C27H25ClF3N7O4. The summed E-state index contributed by atoms with van der Waals surface area (Å²) in [6, 6.07) is 13.8. The molecule has 0 saturated heterocycles. The van der Waals surface area contributed by atoms with Crippen molar-refractivity contribution in [2.45, 2.75) is 13.1 Å². The number of alkyl halides is 3. The standard InChI is InChI=1S/C25H24ClN7O2.C2HF3O2/c1-16-8-18(13-27-12-16)29-24(34)17-9-20(32(2)3)11-21(10-17)33-15-19(14-28-33)30-25(35)31-23-7-5-4-6-22(23)26;3-2(4,5)1(6)7/h4-15H,1-3H3,(H,29,34)(H2,30,31,35);(H,6,7). The Kier molecular flexibility index (Phi) is 10.1. The number of pyridine rings is 1. The second-order valence-corrected chi connectivity index (χ2v) is 9.28. The summed E-state index contributed by atoms with van der Waals surface area (Å²) in [7, 11) is 3.78. The molecule has 220 valence electrons. The van der Waals surface area contributed by atoms with Crippen molar-refractivity contribution in [1.82, 2.24) is 14.8 Å². The second-order valence-electron chi connectivity index (χ2n) is 8.87. The van der Waals surface area contributed by atoms with Crippen LogP contribution in [0, 0.1) is 6.92 Å². The maximum atomic E-state index is 13.0. The fourth-order valence-corrected chi connectivity index (χ4v) is 3.50. The van der Waals surface area contributed by atoms with E-state index < -0.39 is 18.2 Å². The smallest absolute Gasteiger partial charge is 0.475 e. The quantitative estimate of drug-likeness (QED) is 0.217. The van der Waals surface area contributed by atoms with E-state index in [4.69, 9.17) is 21.5 Å². The SMILES string of the molecule is Cc1cncc(NC(=O)c2cc(N(C)C)cc(-n3cc(NC(=O)Nc4ccccc4Cl)cn3)c2)c1.O=C(O)C(F)(F)F. The Morgan fingerprint density at radius 1 is 0.952 bits per heavy atom. The van der Waals surface area contributed by atoms with E-state index >= 15 is 0 Å². The molecule has 0 saturated carbocycles. The maximum absolute atomic E-state index is 13.0. The van der Waals surface area contributed by atoms with Crippen LogP contribution in [0.25, 0.3) is 5.69 Å². The number of urea groups is 1. The molecule has 42 heavy (non-hydrogen) atoms. The van der Waals surface area contributed by atoms with Crippen molar-refractivity contribution in [3.8, 4) is 5.69 Å². The summed E-state index contributed by atoms with van der Waals surface area (Å²) in [5.74, 6) is -3.03. The molecule has 0 radical (unpaired) electrons. The van der Waals surface area contributed by atoms with Gasteiger partial charge in [-0.2, -0.15) is 18.3 Å². The first-order chi connectivity index (χ1) is 19.7. The Morgan fingerprint density at radius 2 is 1.64 bits per heavy atom. The van der Waals surface area contributed by atoms with Crippen LogP contribution in [0.15, 0.2) is 73.3 Å². The molecule has 11 nitrogen and oxygen atoms in total. The van der Waals surface area contributed by atoms with Gasteiger partial charge in [-0.15, -0.1) is 0 Å². The minimum absolute atomic E-state index is 0.271. The van der Waals surface area contributed by atoms with Gasteiger partial charge in [0.05, 0.1) is 46.4 Å². The van der Waals surface area contributed by atoms with Crippen LogP contribution < -0.4 is 20.9 Å². The van der Waals surface area contributed by atoms with Gasteiger partial charge in [-0.25, -0.2) is 14.3 Å². The van der Waals surface area contributed by atoms with Gasteiger partial charge >= 0.3 is 18.2 Å². The Labute approximate surface area is 242 Å². The molecule has 0 bridgehead atoms. The number of rotatable bonds is 6. The highest BCUT2D eigenvalue weighted by Gasteiger charge is 2.38. The van der Waals surface area contributed by atoms with Gasteiger partial charge in [0, 0.05) is 31.5 Å². The lowest BCUT2D eigenvalue weighted by Gasteiger charge is -2.16. The number of carbonyl (C=O) groups is 3. The lowest BCUT2D eigenvalue weighted by molar-refractivity contribution is -0.192. The number of nitrogens with zero attached hydrogens (tertiary/aromatic N) is 4. The Hall–Kier alpha value is -5.11. The Balaban J connectivity index is 0.000000616. The molecule has 15 heteroatoms. The van der Waals surface area contributed by atoms with Crippen LogP contribution in [0.1, 0.15) is 15.9 Å². The highest BCUT2D eigenvalue weighted by Crippen LogP contribution is 2.23. The molecule has 0 aliphatic carbocycles. The first-order valence-electron chi connectivity index (χ1n) is 12.0. The van der Waals surface area contributed by atoms with E-state index in [1.165, 1.54) is 6.20 Å². The Morgan fingerprint density at radius 3 is 2.26 bits per heavy atom. The summed E-state index contributed by atoms with van der Waals surface area (Å²) in [4.78, 5) is 40.3. The maximum Gasteiger partial charge on any atom is 0.490 e. The monoisotopic (exact) mass is 603 g/mol. The Bertz CT molecular complexity index is 1590. The largest absolute Gasteiger partial charge is 0.490 e. The average molecular weight is 604 g/mol. The lowest BCUT2D eigenvalue weighted by Crippen LogP contribution is -2.21. The molecule has 2 heterocycles. The zero-order chi connectivity index (χ0) is 31.0. The fraction of sp³-hybridized carbons (Fsp3) is 0.148. The van der Waals surface area contributed by atoms with Crippen molar-refractivity contribution < 1.29 is 32.7 Å². The van der Waals surface area contributed by atoms with E-state index in [-0.39, 0.29) is 5.91 Å². The summed E-state index contributed by atoms with van der Waals surface area (Å²) in [5.41, 5.74) is 4.45. The van der Waals surface area contributed by atoms with Crippen molar-refractivity contribution in [3.05, 3.63) is 89.5 Å². The molecule has 0 atom stereocenters. The van der Waals surface area contributed by atoms with Gasteiger partial charge in [0.2, 0.25) is 0 Å². The number of para-hydroxylation sites is 1. The number of carbonyl (C=O) groups excluding carboxylic acids is 2. The van der Waals surface area contributed by atoms with Crippen molar-refractivity contribution in [2.24, 2.45) is 0 Å². The summed E-state index contributed by atoms with van der Waals surface area (Å²) in [6.45, 7) is 1.91. The van der Waals surface area contributed by atoms with Crippen LogP contribution >= 0.6 is 11.6 Å². The molecule has 0 fully saturated rings. The third-order valence-corrected chi connectivity index (χ3v) is 5.61. The molecule has 4 aromatic rings. The number of hydrogen-bond acceptors (Lipinski definition) is 6. The number of carboxylic acid groups (broad SMARTS) is 1. The minimum atomic E-state index is -5.08. The van der Waals surface area contributed by atoms with Crippen molar-refractivity contribution in [1.29, 1.82) is 0 Å². The number of anilines is 4. The molecule has 4 rings (SSSR count). The number of nitrogens with one attached hydrogen (secondary N) is 3. The average Bonchev–Trinajstić information content (AvgIpc) is 3.38. The van der Waals surface area contributed by atoms with Crippen LogP contribution in [0.3, 0.4) is 0 Å². The van der Waals surface area contributed by atoms with Gasteiger partial charge in [-0.1, -0.05) is 23.7 Å². The number of carboxylic acids is 1. The van der Waals surface area contributed by atoms with Crippen LogP contribution in [-0.2, 0) is 4.79 Å². The molecular weight excluding hydrogens is 579 g/mol. The molecule has 0 unspecified atom stereocenters. The number of aromatic nitrogens is 3. The molecule has 2 aromatic heterocycles. The van der Waals surface area contributed by atoms with E-state index in [9.17, 15) is 22.8 Å². The topological polar surface area (TPSA) is 141 Å².